The van der Waals surface area contributed by atoms with Crippen LogP contribution < -0.4 is 0 Å². The van der Waals surface area contributed by atoms with Gasteiger partial charge >= 0.3 is 12.1 Å². The molecule has 2 rings (SSSR count). The highest BCUT2D eigenvalue weighted by atomic mass is 32.1. The number of carboxylic acid groups (broad SMARTS) is 1. The van der Waals surface area contributed by atoms with Gasteiger partial charge in [-0.1, -0.05) is 24.1 Å². The third-order valence-corrected chi connectivity index (χ3v) is 4.79. The fourth-order valence-corrected chi connectivity index (χ4v) is 3.30. The number of ether oxygens (including phenoxy) is 1. The van der Waals surface area contributed by atoms with Crippen LogP contribution in [0.15, 0.2) is 29.7 Å². The molecule has 1 saturated heterocycles. The summed E-state index contributed by atoms with van der Waals surface area (Å²) >= 11 is 1.60. The van der Waals surface area contributed by atoms with E-state index in [4.69, 9.17) is 9.84 Å². The van der Waals surface area contributed by atoms with Crippen LogP contribution in [0.5, 0.6) is 0 Å². The van der Waals surface area contributed by atoms with Crippen molar-refractivity contribution < 1.29 is 24.5 Å². The normalized spacial score (nSPS) is 18.3. The molecule has 7 heteroatoms. The van der Waals surface area contributed by atoms with Gasteiger partial charge in [0, 0.05) is 30.6 Å². The maximum Gasteiger partial charge on any atom is 0.411 e. The number of aliphatic hydroxyl groups is 1. The van der Waals surface area contributed by atoms with Gasteiger partial charge < -0.3 is 14.9 Å². The topological polar surface area (TPSA) is 87.1 Å². The molecule has 1 unspecified atom stereocenters. The number of nitrogens with zero attached hydrogens (tertiary/aromatic N) is 1. The average molecular weight is 377 g/mol. The van der Waals surface area contributed by atoms with Crippen LogP contribution in [0.4, 0.5) is 4.79 Å². The number of aliphatic hydroxyl groups excluding tert-OH is 1. The monoisotopic (exact) mass is 377 g/mol. The standard InChI is InChI=1S/C19H23NO5S/c21-16(14-17-6-5-13-26-17)9-8-15-10-12-25-19(24)20(15)11-4-2-1-3-7-18(22)23/h5-6,8-9,13,15-16,21H,1,3,7,10-12,14H2,(H,22,23)/b9-8+/t15-,16?/m0/s1. The molecule has 1 aromatic heterocycles. The Labute approximate surface area is 157 Å². The second-order valence-corrected chi connectivity index (χ2v) is 6.97. The largest absolute Gasteiger partial charge is 0.481 e. The van der Waals surface area contributed by atoms with Crippen molar-refractivity contribution in [3.05, 3.63) is 34.5 Å². The second-order valence-electron chi connectivity index (χ2n) is 5.93. The Morgan fingerprint density at radius 3 is 3.08 bits per heavy atom. The summed E-state index contributed by atoms with van der Waals surface area (Å²) in [6, 6.07) is 3.76. The van der Waals surface area contributed by atoms with Crippen LogP contribution in [0.25, 0.3) is 0 Å². The zero-order valence-electron chi connectivity index (χ0n) is 14.5. The van der Waals surface area contributed by atoms with Crippen molar-refractivity contribution in [3.8, 4) is 11.8 Å². The smallest absolute Gasteiger partial charge is 0.411 e. The Morgan fingerprint density at radius 2 is 2.35 bits per heavy atom. The number of carbonyl (C=O) groups is 2. The number of carbonyl (C=O) groups excluding carboxylic acids is 1. The van der Waals surface area contributed by atoms with Gasteiger partial charge in [-0.2, -0.15) is 0 Å². The van der Waals surface area contributed by atoms with Crippen LogP contribution in [0.1, 0.15) is 30.6 Å². The van der Waals surface area contributed by atoms with Crippen molar-refractivity contribution >= 4 is 23.4 Å². The summed E-state index contributed by atoms with van der Waals surface area (Å²) in [7, 11) is 0. The van der Waals surface area contributed by atoms with E-state index in [1.165, 1.54) is 4.90 Å². The van der Waals surface area contributed by atoms with Crippen molar-refractivity contribution in [1.29, 1.82) is 0 Å². The number of amides is 1. The molecule has 1 amide bonds. The molecule has 1 fully saturated rings. The quantitative estimate of drug-likeness (QED) is 0.413. The van der Waals surface area contributed by atoms with E-state index >= 15 is 0 Å². The zero-order valence-corrected chi connectivity index (χ0v) is 15.3. The van der Waals surface area contributed by atoms with Crippen molar-refractivity contribution in [2.75, 3.05) is 13.2 Å². The molecule has 1 aromatic rings. The van der Waals surface area contributed by atoms with E-state index in [2.05, 4.69) is 11.8 Å². The number of rotatable bonds is 8. The molecule has 0 saturated carbocycles. The first-order chi connectivity index (χ1) is 12.6. The molecule has 1 aliphatic rings. The minimum atomic E-state index is -0.835. The van der Waals surface area contributed by atoms with Crippen molar-refractivity contribution in [2.45, 2.75) is 44.2 Å². The van der Waals surface area contributed by atoms with E-state index in [9.17, 15) is 14.7 Å². The molecule has 0 spiro atoms. The molecular formula is C19H23NO5S. The summed E-state index contributed by atoms with van der Waals surface area (Å²) in [5.41, 5.74) is 0. The van der Waals surface area contributed by atoms with Gasteiger partial charge in [-0.3, -0.25) is 9.69 Å². The summed E-state index contributed by atoms with van der Waals surface area (Å²) in [4.78, 5) is 25.1. The highest BCUT2D eigenvalue weighted by Gasteiger charge is 2.27. The van der Waals surface area contributed by atoms with E-state index < -0.39 is 18.2 Å². The minimum absolute atomic E-state index is 0.0912. The maximum atomic E-state index is 12.0. The molecule has 0 aromatic carbocycles. The average Bonchev–Trinajstić information content (AvgIpc) is 3.10. The molecule has 0 bridgehead atoms. The minimum Gasteiger partial charge on any atom is -0.481 e. The Morgan fingerprint density at radius 1 is 1.50 bits per heavy atom. The predicted octanol–water partition coefficient (Wildman–Crippen LogP) is 2.68. The summed E-state index contributed by atoms with van der Waals surface area (Å²) in [5, 5.41) is 20.7. The molecule has 0 aliphatic carbocycles. The first-order valence-electron chi connectivity index (χ1n) is 8.56. The SMILES string of the molecule is O=C(O)CCCC#CCN1C(=O)OCC[C@@H]1/C=C/C(O)Cc1cccs1. The third kappa shape index (κ3) is 6.90. The highest BCUT2D eigenvalue weighted by Crippen LogP contribution is 2.16. The van der Waals surface area contributed by atoms with Gasteiger partial charge in [-0.15, -0.1) is 17.3 Å². The van der Waals surface area contributed by atoms with Gasteiger partial charge in [0.25, 0.3) is 0 Å². The first kappa shape index (κ1) is 20.0. The van der Waals surface area contributed by atoms with E-state index in [1.807, 2.05) is 23.6 Å². The molecule has 6 nitrogen and oxygen atoms in total. The summed E-state index contributed by atoms with van der Waals surface area (Å²) < 4.78 is 5.07. The summed E-state index contributed by atoms with van der Waals surface area (Å²) in [6.07, 6.45) is 4.80. The Balaban J connectivity index is 1.86. The molecule has 2 N–H and O–H groups in total. The van der Waals surface area contributed by atoms with Crippen LogP contribution in [0.3, 0.4) is 0 Å². The Kier molecular flexibility index (Phi) is 8.19. The lowest BCUT2D eigenvalue weighted by Gasteiger charge is -2.31. The second kappa shape index (κ2) is 10.6. The fourth-order valence-electron chi connectivity index (χ4n) is 2.54. The molecule has 1 aliphatic heterocycles. The van der Waals surface area contributed by atoms with Crippen molar-refractivity contribution in [1.82, 2.24) is 4.90 Å². The summed E-state index contributed by atoms with van der Waals surface area (Å²) in [6.45, 7) is 0.569. The molecule has 2 heterocycles. The number of thiophene rings is 1. The van der Waals surface area contributed by atoms with E-state index in [-0.39, 0.29) is 19.0 Å². The first-order valence-corrected chi connectivity index (χ1v) is 9.44. The van der Waals surface area contributed by atoms with Crippen LogP contribution in [-0.2, 0) is 16.0 Å². The lowest BCUT2D eigenvalue weighted by Crippen LogP contribution is -2.44. The van der Waals surface area contributed by atoms with Crippen molar-refractivity contribution in [3.63, 3.8) is 0 Å². The number of cyclic esters (lactones) is 1. The summed E-state index contributed by atoms with van der Waals surface area (Å²) in [5.74, 6) is 4.95. The van der Waals surface area contributed by atoms with Gasteiger partial charge in [0.05, 0.1) is 25.3 Å². The van der Waals surface area contributed by atoms with Gasteiger partial charge in [0.15, 0.2) is 0 Å². The fraction of sp³-hybridized carbons (Fsp3) is 0.474. The van der Waals surface area contributed by atoms with Gasteiger partial charge in [0.2, 0.25) is 0 Å². The molecule has 26 heavy (non-hydrogen) atoms. The van der Waals surface area contributed by atoms with E-state index in [0.29, 0.717) is 32.3 Å². The van der Waals surface area contributed by atoms with Crippen LogP contribution in [0, 0.1) is 11.8 Å². The Hall–Kier alpha value is -2.30. The number of hydrogen-bond acceptors (Lipinski definition) is 5. The molecule has 2 atom stereocenters. The lowest BCUT2D eigenvalue weighted by atomic mass is 10.1. The van der Waals surface area contributed by atoms with Gasteiger partial charge in [0.1, 0.15) is 0 Å². The van der Waals surface area contributed by atoms with Crippen LogP contribution in [-0.4, -0.2) is 52.5 Å². The lowest BCUT2D eigenvalue weighted by molar-refractivity contribution is -0.137. The number of hydrogen-bond donors (Lipinski definition) is 2. The molecule has 0 radical (unpaired) electrons. The molecular weight excluding hydrogens is 354 g/mol. The van der Waals surface area contributed by atoms with Gasteiger partial charge in [-0.25, -0.2) is 4.79 Å². The van der Waals surface area contributed by atoms with E-state index in [1.54, 1.807) is 17.4 Å². The maximum absolute atomic E-state index is 12.0. The zero-order chi connectivity index (χ0) is 18.8. The number of unbranched alkanes of at least 4 members (excludes halogenated alkanes) is 1. The van der Waals surface area contributed by atoms with Gasteiger partial charge in [-0.05, 0) is 17.9 Å². The number of aliphatic carboxylic acids is 1. The molecule has 140 valence electrons. The Bertz CT molecular complexity index is 674. The van der Waals surface area contributed by atoms with E-state index in [0.717, 1.165) is 4.88 Å². The third-order valence-electron chi connectivity index (χ3n) is 3.89. The van der Waals surface area contributed by atoms with Crippen LogP contribution >= 0.6 is 11.3 Å². The predicted molar refractivity (Wildman–Crippen MR) is 98.9 cm³/mol. The number of carboxylic acids is 1. The van der Waals surface area contributed by atoms with Crippen molar-refractivity contribution in [2.24, 2.45) is 0 Å². The van der Waals surface area contributed by atoms with Crippen LogP contribution in [0.2, 0.25) is 0 Å². The highest BCUT2D eigenvalue weighted by molar-refractivity contribution is 7.09.